The summed E-state index contributed by atoms with van der Waals surface area (Å²) in [6.45, 7) is 0.799. The van der Waals surface area contributed by atoms with Gasteiger partial charge in [-0.05, 0) is 30.3 Å². The number of nitrogen functional groups attached to an aromatic ring is 1. The van der Waals surface area contributed by atoms with Gasteiger partial charge in [-0.15, -0.1) is 0 Å². The molecule has 136 valence electrons. The lowest BCUT2D eigenvalue weighted by atomic mass is 10.1. The van der Waals surface area contributed by atoms with E-state index in [1.165, 1.54) is 38.6 Å². The Balaban J connectivity index is 2.13. The van der Waals surface area contributed by atoms with Gasteiger partial charge in [0.05, 0.1) is 25.3 Å². The van der Waals surface area contributed by atoms with Crippen LogP contribution in [0.3, 0.4) is 0 Å². The average Bonchev–Trinajstić information content (AvgIpc) is 2.61. The molecule has 2 aromatic carbocycles. The lowest BCUT2D eigenvalue weighted by molar-refractivity contribution is 0.0156. The van der Waals surface area contributed by atoms with Gasteiger partial charge in [-0.2, -0.15) is 0 Å². The number of halogens is 2. The molecule has 0 saturated heterocycles. The van der Waals surface area contributed by atoms with Gasteiger partial charge >= 0.3 is 0 Å². The van der Waals surface area contributed by atoms with Crippen molar-refractivity contribution in [3.8, 4) is 23.0 Å². The van der Waals surface area contributed by atoms with E-state index >= 15 is 0 Å². The third-order valence-electron chi connectivity index (χ3n) is 3.90. The number of hydrogen-bond donors (Lipinski definition) is 1. The molecule has 0 unspecified atom stereocenters. The molecular weight excluding hydrogens is 342 g/mol. The van der Waals surface area contributed by atoms with Gasteiger partial charge in [0.15, 0.2) is 11.5 Å². The fraction of sp³-hybridized carbons (Fsp3) is 0.211. The Bertz CT molecular complexity index is 955. The van der Waals surface area contributed by atoms with Crippen LogP contribution in [0.5, 0.6) is 23.0 Å². The van der Waals surface area contributed by atoms with Crippen molar-refractivity contribution in [2.45, 2.75) is 12.8 Å². The maximum atomic E-state index is 13.9. The van der Waals surface area contributed by atoms with Crippen LogP contribution in [0.2, 0.25) is 0 Å². The summed E-state index contributed by atoms with van der Waals surface area (Å²) in [5, 5.41) is 0.604. The quantitative estimate of drug-likeness (QED) is 0.666. The Morgan fingerprint density at radius 1 is 0.923 bits per heavy atom. The van der Waals surface area contributed by atoms with Crippen LogP contribution in [0.1, 0.15) is 12.5 Å². The number of fused-ring (bicyclic) bond motifs is 1. The van der Waals surface area contributed by atoms with Crippen molar-refractivity contribution in [1.82, 2.24) is 4.98 Å². The summed E-state index contributed by atoms with van der Waals surface area (Å²) in [6, 6.07) is 9.13. The summed E-state index contributed by atoms with van der Waals surface area (Å²) in [5.41, 5.74) is 6.18. The molecule has 0 aliphatic heterocycles. The summed E-state index contributed by atoms with van der Waals surface area (Å²) in [6.07, 6.45) is 1.53. The van der Waals surface area contributed by atoms with Gasteiger partial charge < -0.3 is 19.9 Å². The standard InChI is InChI=1S/C19H18F2N2O3/c1-19(20,21)13-8-11(22)4-5-16(13)26-15-6-7-23-14-10-18(25-3)17(24-2)9-12(14)15/h4-10H,22H2,1-3H3. The number of benzene rings is 2. The molecular formula is C19H18F2N2O3. The molecule has 0 radical (unpaired) electrons. The first-order chi connectivity index (χ1) is 12.3. The molecule has 5 nitrogen and oxygen atoms in total. The van der Waals surface area contributed by atoms with Crippen LogP contribution in [0, 0.1) is 0 Å². The Morgan fingerprint density at radius 3 is 2.27 bits per heavy atom. The van der Waals surface area contributed by atoms with Crippen LogP contribution < -0.4 is 19.9 Å². The average molecular weight is 360 g/mol. The van der Waals surface area contributed by atoms with Gasteiger partial charge in [-0.1, -0.05) is 0 Å². The van der Waals surface area contributed by atoms with Crippen molar-refractivity contribution in [3.63, 3.8) is 0 Å². The second-order valence-corrected chi connectivity index (χ2v) is 5.78. The second-order valence-electron chi connectivity index (χ2n) is 5.78. The Morgan fingerprint density at radius 2 is 1.62 bits per heavy atom. The van der Waals surface area contributed by atoms with E-state index in [9.17, 15) is 8.78 Å². The largest absolute Gasteiger partial charge is 0.493 e. The zero-order chi connectivity index (χ0) is 18.9. The number of anilines is 1. The van der Waals surface area contributed by atoms with Crippen molar-refractivity contribution in [2.75, 3.05) is 20.0 Å². The molecule has 7 heteroatoms. The van der Waals surface area contributed by atoms with Gasteiger partial charge in [0.1, 0.15) is 11.5 Å². The summed E-state index contributed by atoms with van der Waals surface area (Å²) in [5.74, 6) is -1.72. The van der Waals surface area contributed by atoms with Crippen LogP contribution in [-0.4, -0.2) is 19.2 Å². The highest BCUT2D eigenvalue weighted by Gasteiger charge is 2.29. The molecule has 0 bridgehead atoms. The third-order valence-corrected chi connectivity index (χ3v) is 3.90. The number of ether oxygens (including phenoxy) is 3. The summed E-state index contributed by atoms with van der Waals surface area (Å²) < 4.78 is 44.3. The molecule has 0 aliphatic rings. The molecule has 0 fully saturated rings. The van der Waals surface area contributed by atoms with Crippen LogP contribution >= 0.6 is 0 Å². The van der Waals surface area contributed by atoms with E-state index in [4.69, 9.17) is 19.9 Å². The number of nitrogens with zero attached hydrogens (tertiary/aromatic N) is 1. The molecule has 0 spiro atoms. The zero-order valence-electron chi connectivity index (χ0n) is 14.5. The molecule has 3 aromatic rings. The molecule has 3 rings (SSSR count). The second kappa shape index (κ2) is 6.67. The van der Waals surface area contributed by atoms with Crippen LogP contribution in [0.15, 0.2) is 42.6 Å². The first kappa shape index (κ1) is 17.7. The minimum absolute atomic E-state index is 0.0222. The Labute approximate surface area is 149 Å². The molecule has 0 atom stereocenters. The molecule has 0 amide bonds. The summed E-state index contributed by atoms with van der Waals surface area (Å²) in [7, 11) is 3.03. The number of nitrogens with two attached hydrogens (primary N) is 1. The number of aromatic nitrogens is 1. The number of pyridine rings is 1. The highest BCUT2D eigenvalue weighted by atomic mass is 19.3. The van der Waals surface area contributed by atoms with Crippen LogP contribution in [-0.2, 0) is 5.92 Å². The molecule has 2 N–H and O–H groups in total. The van der Waals surface area contributed by atoms with E-state index in [-0.39, 0.29) is 17.0 Å². The molecule has 0 aliphatic carbocycles. The third kappa shape index (κ3) is 3.33. The highest BCUT2D eigenvalue weighted by Crippen LogP contribution is 2.41. The smallest absolute Gasteiger partial charge is 0.274 e. The van der Waals surface area contributed by atoms with Crippen molar-refractivity contribution in [1.29, 1.82) is 0 Å². The SMILES string of the molecule is COc1cc2nccc(Oc3ccc(N)cc3C(C)(F)F)c2cc1OC. The van der Waals surface area contributed by atoms with Gasteiger partial charge in [0, 0.05) is 30.3 Å². The maximum absolute atomic E-state index is 13.9. The Hall–Kier alpha value is -3.09. The monoisotopic (exact) mass is 360 g/mol. The van der Waals surface area contributed by atoms with Crippen LogP contribution in [0.4, 0.5) is 14.5 Å². The van der Waals surface area contributed by atoms with E-state index in [2.05, 4.69) is 4.98 Å². The van der Waals surface area contributed by atoms with E-state index in [1.54, 1.807) is 18.2 Å². The van der Waals surface area contributed by atoms with Crippen molar-refractivity contribution >= 4 is 16.6 Å². The predicted octanol–water partition coefficient (Wildman–Crippen LogP) is 4.74. The van der Waals surface area contributed by atoms with E-state index in [0.717, 1.165) is 6.92 Å². The fourth-order valence-corrected chi connectivity index (χ4v) is 2.63. The van der Waals surface area contributed by atoms with Crippen molar-refractivity contribution < 1.29 is 23.0 Å². The summed E-state index contributed by atoms with van der Waals surface area (Å²) >= 11 is 0. The van der Waals surface area contributed by atoms with Gasteiger partial charge in [0.2, 0.25) is 0 Å². The van der Waals surface area contributed by atoms with E-state index in [1.807, 2.05) is 0 Å². The topological polar surface area (TPSA) is 66.6 Å². The van der Waals surface area contributed by atoms with Gasteiger partial charge in [0.25, 0.3) is 5.92 Å². The Kier molecular flexibility index (Phi) is 4.54. The lowest BCUT2D eigenvalue weighted by Gasteiger charge is -2.18. The number of hydrogen-bond acceptors (Lipinski definition) is 5. The maximum Gasteiger partial charge on any atom is 0.274 e. The normalized spacial score (nSPS) is 11.4. The number of methoxy groups -OCH3 is 2. The molecule has 26 heavy (non-hydrogen) atoms. The van der Waals surface area contributed by atoms with Crippen LogP contribution in [0.25, 0.3) is 10.9 Å². The fourth-order valence-electron chi connectivity index (χ4n) is 2.63. The van der Waals surface area contributed by atoms with Crippen molar-refractivity contribution in [3.05, 3.63) is 48.2 Å². The van der Waals surface area contributed by atoms with Crippen molar-refractivity contribution in [2.24, 2.45) is 0 Å². The summed E-state index contributed by atoms with van der Waals surface area (Å²) in [4.78, 5) is 4.27. The van der Waals surface area contributed by atoms with Gasteiger partial charge in [-0.3, -0.25) is 4.98 Å². The van der Waals surface area contributed by atoms with E-state index in [0.29, 0.717) is 28.2 Å². The minimum atomic E-state index is -3.10. The minimum Gasteiger partial charge on any atom is -0.493 e. The molecule has 1 heterocycles. The first-order valence-electron chi connectivity index (χ1n) is 7.80. The molecule has 0 saturated carbocycles. The predicted molar refractivity (Wildman–Crippen MR) is 95.3 cm³/mol. The zero-order valence-corrected chi connectivity index (χ0v) is 14.5. The highest BCUT2D eigenvalue weighted by molar-refractivity contribution is 5.88. The lowest BCUT2D eigenvalue weighted by Crippen LogP contribution is -2.09. The first-order valence-corrected chi connectivity index (χ1v) is 7.80. The number of rotatable bonds is 5. The number of alkyl halides is 2. The van der Waals surface area contributed by atoms with E-state index < -0.39 is 5.92 Å². The van der Waals surface area contributed by atoms with Gasteiger partial charge in [-0.25, -0.2) is 8.78 Å². The molecule has 1 aromatic heterocycles.